The van der Waals surface area contributed by atoms with Crippen LogP contribution in [0.4, 0.5) is 0 Å². The van der Waals surface area contributed by atoms with Crippen molar-refractivity contribution in [3.8, 4) is 11.5 Å². The summed E-state index contributed by atoms with van der Waals surface area (Å²) >= 11 is 6.07. The van der Waals surface area contributed by atoms with Crippen molar-refractivity contribution < 1.29 is 27.4 Å². The van der Waals surface area contributed by atoms with Gasteiger partial charge in [0.25, 0.3) is 5.91 Å². The van der Waals surface area contributed by atoms with Crippen molar-refractivity contribution in [1.82, 2.24) is 14.5 Å². The first-order valence-corrected chi connectivity index (χ1v) is 14.6. The molecule has 9 nitrogen and oxygen atoms in total. The van der Waals surface area contributed by atoms with Crippen LogP contribution in [0, 0.1) is 0 Å². The summed E-state index contributed by atoms with van der Waals surface area (Å²) in [6, 6.07) is 11.7. The number of nitrogens with zero attached hydrogens (tertiary/aromatic N) is 3. The van der Waals surface area contributed by atoms with E-state index in [-0.39, 0.29) is 42.3 Å². The van der Waals surface area contributed by atoms with Gasteiger partial charge in [0.2, 0.25) is 21.8 Å². The lowest BCUT2D eigenvalue weighted by molar-refractivity contribution is 0.0500. The Kier molecular flexibility index (Phi) is 7.65. The summed E-state index contributed by atoms with van der Waals surface area (Å²) in [5, 5.41) is 0.437. The second-order valence-corrected chi connectivity index (χ2v) is 12.1. The summed E-state index contributed by atoms with van der Waals surface area (Å²) in [6.45, 7) is 5.12. The predicted molar refractivity (Wildman–Crippen MR) is 141 cm³/mol. The molecule has 1 atom stereocenters. The average Bonchev–Trinajstić information content (AvgIpc) is 3.63. The molecule has 202 valence electrons. The molecule has 1 amide bonds. The largest absolute Gasteiger partial charge is 0.454 e. The van der Waals surface area contributed by atoms with Crippen molar-refractivity contribution in [1.29, 1.82) is 0 Å². The van der Waals surface area contributed by atoms with Crippen molar-refractivity contribution in [2.24, 2.45) is 0 Å². The van der Waals surface area contributed by atoms with E-state index >= 15 is 0 Å². The molecule has 0 saturated carbocycles. The van der Waals surface area contributed by atoms with Gasteiger partial charge >= 0.3 is 0 Å². The van der Waals surface area contributed by atoms with Crippen molar-refractivity contribution in [2.75, 3.05) is 19.9 Å². The van der Waals surface area contributed by atoms with Crippen LogP contribution in [0.15, 0.2) is 53.8 Å². The molecular weight excluding hydrogens is 530 g/mol. The highest BCUT2D eigenvalue weighted by Crippen LogP contribution is 2.33. The molecule has 0 radical (unpaired) electrons. The number of amides is 1. The number of rotatable bonds is 9. The highest BCUT2D eigenvalue weighted by Gasteiger charge is 2.29. The van der Waals surface area contributed by atoms with E-state index in [2.05, 4.69) is 4.98 Å². The maximum atomic E-state index is 13.7. The first-order chi connectivity index (χ1) is 18.2. The van der Waals surface area contributed by atoms with Crippen molar-refractivity contribution in [3.63, 3.8) is 0 Å². The summed E-state index contributed by atoms with van der Waals surface area (Å²) in [6.07, 6.45) is 3.25. The zero-order valence-corrected chi connectivity index (χ0v) is 22.9. The summed E-state index contributed by atoms with van der Waals surface area (Å²) in [4.78, 5) is 19.7. The molecule has 1 fully saturated rings. The number of benzene rings is 2. The number of imidazole rings is 1. The third-order valence-electron chi connectivity index (χ3n) is 6.59. The van der Waals surface area contributed by atoms with E-state index in [4.69, 9.17) is 25.8 Å². The van der Waals surface area contributed by atoms with Gasteiger partial charge in [-0.25, -0.2) is 13.4 Å². The number of hydrogen-bond donors (Lipinski definition) is 0. The second-order valence-electron chi connectivity index (χ2n) is 9.77. The lowest BCUT2D eigenvalue weighted by Gasteiger charge is -2.27. The van der Waals surface area contributed by atoms with E-state index < -0.39 is 9.84 Å². The van der Waals surface area contributed by atoms with E-state index in [1.54, 1.807) is 58.1 Å². The molecule has 3 heterocycles. The van der Waals surface area contributed by atoms with Gasteiger partial charge < -0.3 is 23.7 Å². The van der Waals surface area contributed by atoms with E-state index in [9.17, 15) is 13.2 Å². The van der Waals surface area contributed by atoms with Crippen LogP contribution in [0.3, 0.4) is 0 Å². The number of carbonyl (C=O) groups is 1. The van der Waals surface area contributed by atoms with Crippen LogP contribution in [0.2, 0.25) is 5.02 Å². The average molecular weight is 560 g/mol. The van der Waals surface area contributed by atoms with Gasteiger partial charge in [-0.3, -0.25) is 4.79 Å². The molecular formula is C27H30ClN3O6S. The fourth-order valence-corrected chi connectivity index (χ4v) is 6.65. The number of carbonyl (C=O) groups excluding carboxylic acids is 1. The second kappa shape index (κ2) is 11.0. The van der Waals surface area contributed by atoms with Crippen LogP contribution < -0.4 is 9.47 Å². The molecule has 0 aliphatic carbocycles. The van der Waals surface area contributed by atoms with Crippen molar-refractivity contribution >= 4 is 27.3 Å². The Morgan fingerprint density at radius 1 is 1.18 bits per heavy atom. The predicted octanol–water partition coefficient (Wildman–Crippen LogP) is 4.64. The molecule has 0 spiro atoms. The van der Waals surface area contributed by atoms with Crippen LogP contribution in [0.25, 0.3) is 0 Å². The van der Waals surface area contributed by atoms with Crippen LogP contribution in [-0.2, 0) is 26.9 Å². The fraction of sp³-hybridized carbons (Fsp3) is 0.407. The Hall–Kier alpha value is -3.08. The SMILES string of the molecule is CC(C)n1c(CN(C[C@@H]2CCCO2)C(=O)c2ccc3c(c2)OCO3)cnc1S(=O)(=O)Cc1cccc(Cl)c1. The normalized spacial score (nSPS) is 16.8. The number of hydrogen-bond acceptors (Lipinski definition) is 7. The zero-order valence-electron chi connectivity index (χ0n) is 21.3. The summed E-state index contributed by atoms with van der Waals surface area (Å²) in [5.41, 5.74) is 1.66. The Balaban J connectivity index is 1.45. The Bertz CT molecular complexity index is 1430. The van der Waals surface area contributed by atoms with Gasteiger partial charge in [-0.2, -0.15) is 0 Å². The van der Waals surface area contributed by atoms with Crippen LogP contribution in [0.1, 0.15) is 54.3 Å². The minimum absolute atomic E-state index is 0.0323. The number of fused-ring (bicyclic) bond motifs is 1. The van der Waals surface area contributed by atoms with Gasteiger partial charge in [0.15, 0.2) is 11.5 Å². The summed E-state index contributed by atoms with van der Waals surface area (Å²) in [5.74, 6) is 0.680. The van der Waals surface area contributed by atoms with Gasteiger partial charge in [-0.1, -0.05) is 23.7 Å². The summed E-state index contributed by atoms with van der Waals surface area (Å²) in [7, 11) is -3.79. The highest BCUT2D eigenvalue weighted by atomic mass is 35.5. The molecule has 0 bridgehead atoms. The lowest BCUT2D eigenvalue weighted by atomic mass is 10.1. The van der Waals surface area contributed by atoms with Crippen LogP contribution >= 0.6 is 11.6 Å². The minimum atomic E-state index is -3.79. The molecule has 1 saturated heterocycles. The van der Waals surface area contributed by atoms with Crippen LogP contribution in [-0.4, -0.2) is 54.8 Å². The fourth-order valence-electron chi connectivity index (χ4n) is 4.85. The van der Waals surface area contributed by atoms with Crippen molar-refractivity contribution in [3.05, 3.63) is 70.5 Å². The number of aromatic nitrogens is 2. The van der Waals surface area contributed by atoms with Gasteiger partial charge in [-0.15, -0.1) is 0 Å². The third kappa shape index (κ3) is 5.67. The molecule has 0 N–H and O–H groups in total. The molecule has 3 aromatic rings. The topological polar surface area (TPSA) is 100.0 Å². The zero-order chi connectivity index (χ0) is 26.9. The monoisotopic (exact) mass is 559 g/mol. The van der Waals surface area contributed by atoms with Crippen molar-refractivity contribution in [2.45, 2.75) is 56.3 Å². The Morgan fingerprint density at radius 3 is 2.74 bits per heavy atom. The molecule has 0 unspecified atom stereocenters. The van der Waals surface area contributed by atoms with E-state index in [0.29, 0.717) is 46.5 Å². The number of halogens is 1. The first kappa shape index (κ1) is 26.5. The van der Waals surface area contributed by atoms with Gasteiger partial charge in [0.05, 0.1) is 30.3 Å². The standard InChI is InChI=1S/C27H30ClN3O6S/c1-18(2)31-22(13-29-27(31)38(33,34)16-19-5-3-6-21(28)11-19)14-30(15-23-7-4-10-35-23)26(32)20-8-9-24-25(12-20)37-17-36-24/h3,5-6,8-9,11-13,18,23H,4,7,10,14-17H2,1-2H3/t23-/m0/s1. The number of ether oxygens (including phenoxy) is 3. The number of sulfone groups is 1. The maximum Gasteiger partial charge on any atom is 0.254 e. The molecule has 1 aromatic heterocycles. The molecule has 2 aliphatic heterocycles. The van der Waals surface area contributed by atoms with Gasteiger partial charge in [-0.05, 0) is 62.6 Å². The summed E-state index contributed by atoms with van der Waals surface area (Å²) < 4.78 is 45.2. The lowest BCUT2D eigenvalue weighted by Crippen LogP contribution is -2.37. The van der Waals surface area contributed by atoms with Crippen LogP contribution in [0.5, 0.6) is 11.5 Å². The maximum absolute atomic E-state index is 13.7. The first-order valence-electron chi connectivity index (χ1n) is 12.5. The minimum Gasteiger partial charge on any atom is -0.454 e. The smallest absolute Gasteiger partial charge is 0.254 e. The molecule has 5 rings (SSSR count). The molecule has 11 heteroatoms. The molecule has 2 aliphatic rings. The third-order valence-corrected chi connectivity index (χ3v) is 8.39. The molecule has 38 heavy (non-hydrogen) atoms. The highest BCUT2D eigenvalue weighted by molar-refractivity contribution is 7.90. The Morgan fingerprint density at radius 2 is 2.00 bits per heavy atom. The van der Waals surface area contributed by atoms with E-state index in [1.165, 1.54) is 0 Å². The van der Waals surface area contributed by atoms with E-state index in [0.717, 1.165) is 12.8 Å². The van der Waals surface area contributed by atoms with Gasteiger partial charge in [0.1, 0.15) is 0 Å². The quantitative estimate of drug-likeness (QED) is 0.376. The van der Waals surface area contributed by atoms with E-state index in [1.807, 2.05) is 13.8 Å². The van der Waals surface area contributed by atoms with Gasteiger partial charge in [0, 0.05) is 29.8 Å². The molecule has 2 aromatic carbocycles. The Labute approximate surface area is 227 Å².